The van der Waals surface area contributed by atoms with E-state index in [0.717, 1.165) is 16.3 Å². The van der Waals surface area contributed by atoms with E-state index in [0.29, 0.717) is 35.2 Å². The Bertz CT molecular complexity index is 1390. The van der Waals surface area contributed by atoms with Gasteiger partial charge >= 0.3 is 11.6 Å². The van der Waals surface area contributed by atoms with Gasteiger partial charge in [-0.3, -0.25) is 4.79 Å². The predicted molar refractivity (Wildman–Crippen MR) is 129 cm³/mol. The van der Waals surface area contributed by atoms with Crippen molar-refractivity contribution in [2.45, 2.75) is 26.4 Å². The van der Waals surface area contributed by atoms with E-state index in [1.807, 2.05) is 37.3 Å². The molecule has 0 spiro atoms. The fourth-order valence-electron chi connectivity index (χ4n) is 3.56. The van der Waals surface area contributed by atoms with Gasteiger partial charge < -0.3 is 19.2 Å². The molecule has 0 aliphatic carbocycles. The van der Waals surface area contributed by atoms with Crippen molar-refractivity contribution in [3.8, 4) is 5.75 Å². The van der Waals surface area contributed by atoms with Crippen molar-refractivity contribution in [3.63, 3.8) is 0 Å². The zero-order valence-electron chi connectivity index (χ0n) is 19.0. The molecule has 174 valence electrons. The second-order valence-corrected chi connectivity index (χ2v) is 8.00. The molecule has 0 unspecified atom stereocenters. The number of benzene rings is 3. The summed E-state index contributed by atoms with van der Waals surface area (Å²) >= 11 is 0. The minimum Gasteiger partial charge on any atom is -0.481 e. The first kappa shape index (κ1) is 23.0. The van der Waals surface area contributed by atoms with E-state index < -0.39 is 17.7 Å². The average molecular weight is 459 g/mol. The number of carbonyl (C=O) groups excluding carboxylic acids is 2. The number of hydrogen-bond acceptors (Lipinski definition) is 6. The van der Waals surface area contributed by atoms with Crippen LogP contribution in [0.2, 0.25) is 0 Å². The van der Waals surface area contributed by atoms with Gasteiger partial charge in [0.25, 0.3) is 5.91 Å². The summed E-state index contributed by atoms with van der Waals surface area (Å²) < 4.78 is 16.4. The lowest BCUT2D eigenvalue weighted by Crippen LogP contribution is -2.37. The molecule has 0 saturated heterocycles. The first-order chi connectivity index (χ1) is 16.4. The first-order valence-electron chi connectivity index (χ1n) is 11.1. The molecule has 34 heavy (non-hydrogen) atoms. The molecule has 3 aromatic carbocycles. The highest BCUT2D eigenvalue weighted by atomic mass is 16.5. The Hall–Kier alpha value is -4.13. The first-order valence-corrected chi connectivity index (χ1v) is 11.1. The fraction of sp³-hybridized carbons (Fsp3) is 0.222. The number of ether oxygens (including phenoxy) is 2. The predicted octanol–water partition coefficient (Wildman–Crippen LogP) is 4.39. The number of hydrogen-bond donors (Lipinski definition) is 1. The van der Waals surface area contributed by atoms with Crippen LogP contribution in [0.3, 0.4) is 0 Å². The molecule has 1 heterocycles. The van der Waals surface area contributed by atoms with Gasteiger partial charge in [0.2, 0.25) is 0 Å². The standard InChI is InChI=1S/C27H25NO6/c1-17-8-10-19(11-9-17)26(30)32-15-5-14-28-25(29)18(2)33-20-12-13-22-21-6-3-4-7-23(21)27(31)34-24(22)16-20/h3-4,6-13,16,18H,5,14-15H2,1-2H3,(H,28,29)/t18-/m0/s1. The van der Waals surface area contributed by atoms with Crippen molar-refractivity contribution in [3.05, 3.63) is 88.3 Å². The van der Waals surface area contributed by atoms with E-state index in [2.05, 4.69) is 5.32 Å². The summed E-state index contributed by atoms with van der Waals surface area (Å²) in [5.74, 6) is -0.274. The monoisotopic (exact) mass is 459 g/mol. The summed E-state index contributed by atoms with van der Waals surface area (Å²) in [4.78, 5) is 36.6. The van der Waals surface area contributed by atoms with Crippen LogP contribution in [0.5, 0.6) is 5.75 Å². The van der Waals surface area contributed by atoms with Crippen LogP contribution in [0, 0.1) is 6.92 Å². The average Bonchev–Trinajstić information content (AvgIpc) is 2.84. The third kappa shape index (κ3) is 5.26. The van der Waals surface area contributed by atoms with Crippen LogP contribution in [-0.4, -0.2) is 31.1 Å². The maximum Gasteiger partial charge on any atom is 0.344 e. The van der Waals surface area contributed by atoms with Crippen LogP contribution in [0.25, 0.3) is 21.7 Å². The number of carbonyl (C=O) groups is 2. The van der Waals surface area contributed by atoms with Gasteiger partial charge in [-0.1, -0.05) is 35.9 Å². The van der Waals surface area contributed by atoms with Crippen LogP contribution in [0.15, 0.2) is 75.9 Å². The van der Waals surface area contributed by atoms with Gasteiger partial charge in [0.1, 0.15) is 11.3 Å². The topological polar surface area (TPSA) is 94.8 Å². The number of esters is 1. The van der Waals surface area contributed by atoms with Gasteiger partial charge in [-0.25, -0.2) is 9.59 Å². The SMILES string of the molecule is Cc1ccc(C(=O)OCCCNC(=O)[C@H](C)Oc2ccc3c(c2)oc(=O)c2ccccc23)cc1. The normalized spacial score (nSPS) is 11.8. The summed E-state index contributed by atoms with van der Waals surface area (Å²) in [6.45, 7) is 4.11. The minimum absolute atomic E-state index is 0.194. The molecule has 0 saturated carbocycles. The third-order valence-electron chi connectivity index (χ3n) is 5.42. The molecular formula is C27H25NO6. The number of rotatable bonds is 8. The van der Waals surface area contributed by atoms with E-state index in [1.165, 1.54) is 0 Å². The lowest BCUT2D eigenvalue weighted by atomic mass is 10.1. The molecule has 0 fully saturated rings. The van der Waals surface area contributed by atoms with Gasteiger partial charge in [-0.15, -0.1) is 0 Å². The van der Waals surface area contributed by atoms with Crippen molar-refractivity contribution in [2.75, 3.05) is 13.2 Å². The molecule has 0 radical (unpaired) electrons. The van der Waals surface area contributed by atoms with Gasteiger partial charge in [0, 0.05) is 18.0 Å². The second-order valence-electron chi connectivity index (χ2n) is 8.00. The molecule has 1 aromatic heterocycles. The molecule has 4 rings (SSSR count). The van der Waals surface area contributed by atoms with Crippen LogP contribution in [0.1, 0.15) is 29.3 Å². The van der Waals surface area contributed by atoms with Crippen molar-refractivity contribution < 1.29 is 23.5 Å². The largest absolute Gasteiger partial charge is 0.481 e. The van der Waals surface area contributed by atoms with Gasteiger partial charge in [0.05, 0.1) is 17.6 Å². The van der Waals surface area contributed by atoms with E-state index in [-0.39, 0.29) is 12.5 Å². The molecule has 0 bridgehead atoms. The molecule has 7 nitrogen and oxygen atoms in total. The Kier molecular flexibility index (Phi) is 6.92. The second kappa shape index (κ2) is 10.2. The van der Waals surface area contributed by atoms with E-state index >= 15 is 0 Å². The molecule has 1 atom stereocenters. The van der Waals surface area contributed by atoms with E-state index in [1.54, 1.807) is 43.3 Å². The highest BCUT2D eigenvalue weighted by Crippen LogP contribution is 2.26. The van der Waals surface area contributed by atoms with Crippen LogP contribution in [-0.2, 0) is 9.53 Å². The maximum absolute atomic E-state index is 12.4. The van der Waals surface area contributed by atoms with E-state index in [4.69, 9.17) is 13.9 Å². The van der Waals surface area contributed by atoms with Crippen LogP contribution < -0.4 is 15.7 Å². The molecule has 4 aromatic rings. The van der Waals surface area contributed by atoms with Crippen LogP contribution >= 0.6 is 0 Å². The lowest BCUT2D eigenvalue weighted by Gasteiger charge is -2.15. The van der Waals surface area contributed by atoms with Gasteiger partial charge in [0.15, 0.2) is 6.10 Å². The number of amides is 1. The Morgan fingerprint density at radius 2 is 1.71 bits per heavy atom. The quantitative estimate of drug-likeness (QED) is 0.182. The summed E-state index contributed by atoms with van der Waals surface area (Å²) in [5.41, 5.74) is 1.53. The van der Waals surface area contributed by atoms with Crippen molar-refractivity contribution in [2.24, 2.45) is 0 Å². The lowest BCUT2D eigenvalue weighted by molar-refractivity contribution is -0.127. The number of aryl methyl sites for hydroxylation is 1. The Morgan fingerprint density at radius 3 is 2.47 bits per heavy atom. The molecule has 0 aliphatic rings. The van der Waals surface area contributed by atoms with Crippen molar-refractivity contribution >= 4 is 33.6 Å². The highest BCUT2D eigenvalue weighted by Gasteiger charge is 2.15. The fourth-order valence-corrected chi connectivity index (χ4v) is 3.56. The third-order valence-corrected chi connectivity index (χ3v) is 5.42. The van der Waals surface area contributed by atoms with Gasteiger partial charge in [-0.05, 0) is 56.0 Å². The molecule has 1 N–H and O–H groups in total. The number of nitrogens with one attached hydrogen (secondary N) is 1. The molecule has 1 amide bonds. The van der Waals surface area contributed by atoms with Gasteiger partial charge in [-0.2, -0.15) is 0 Å². The Labute approximate surface area is 196 Å². The van der Waals surface area contributed by atoms with Crippen molar-refractivity contribution in [1.82, 2.24) is 5.32 Å². The molecule has 0 aliphatic heterocycles. The Balaban J connectivity index is 1.27. The summed E-state index contributed by atoms with van der Waals surface area (Å²) in [6, 6.07) is 19.5. The number of fused-ring (bicyclic) bond motifs is 3. The maximum atomic E-state index is 12.4. The summed E-state index contributed by atoms with van der Waals surface area (Å²) in [5, 5.41) is 4.87. The summed E-state index contributed by atoms with van der Waals surface area (Å²) in [6.07, 6.45) is -0.288. The summed E-state index contributed by atoms with van der Waals surface area (Å²) in [7, 11) is 0. The zero-order chi connectivity index (χ0) is 24.1. The molecular weight excluding hydrogens is 434 g/mol. The van der Waals surface area contributed by atoms with Crippen LogP contribution in [0.4, 0.5) is 0 Å². The smallest absolute Gasteiger partial charge is 0.344 e. The minimum atomic E-state index is -0.764. The molecule has 7 heteroatoms. The Morgan fingerprint density at radius 1 is 0.971 bits per heavy atom. The van der Waals surface area contributed by atoms with E-state index in [9.17, 15) is 14.4 Å². The highest BCUT2D eigenvalue weighted by molar-refractivity contribution is 6.04. The van der Waals surface area contributed by atoms with Crippen molar-refractivity contribution in [1.29, 1.82) is 0 Å². The zero-order valence-corrected chi connectivity index (χ0v) is 19.0.